The van der Waals surface area contributed by atoms with Gasteiger partial charge in [0, 0.05) is 26.2 Å². The third kappa shape index (κ3) is 3.53. The van der Waals surface area contributed by atoms with Crippen LogP contribution in [-0.2, 0) is 4.79 Å². The topological polar surface area (TPSA) is 55.8 Å². The number of carboxylic acid groups (broad SMARTS) is 1. The average Bonchev–Trinajstić information content (AvgIpc) is 2.41. The van der Waals surface area contributed by atoms with Crippen LogP contribution in [0.15, 0.2) is 18.2 Å². The Labute approximate surface area is 118 Å². The lowest BCUT2D eigenvalue weighted by atomic mass is 10.0. The summed E-state index contributed by atoms with van der Waals surface area (Å²) in [6.07, 6.45) is 0. The Balaban J connectivity index is 2.10. The molecule has 110 valence electrons. The Morgan fingerprint density at radius 1 is 1.35 bits per heavy atom. The van der Waals surface area contributed by atoms with E-state index in [2.05, 4.69) is 10.3 Å². The van der Waals surface area contributed by atoms with Crippen LogP contribution < -0.4 is 5.43 Å². The van der Waals surface area contributed by atoms with E-state index >= 15 is 0 Å². The van der Waals surface area contributed by atoms with Crippen molar-refractivity contribution >= 4 is 5.97 Å². The number of piperazine rings is 1. The molecule has 0 bridgehead atoms. The Bertz CT molecular complexity index is 487. The highest BCUT2D eigenvalue weighted by Crippen LogP contribution is 2.18. The largest absolute Gasteiger partial charge is 0.480 e. The Kier molecular flexibility index (Phi) is 4.69. The average molecular weight is 281 g/mol. The van der Waals surface area contributed by atoms with Gasteiger partial charge in [-0.1, -0.05) is 12.1 Å². The van der Waals surface area contributed by atoms with Gasteiger partial charge in [0.05, 0.1) is 0 Å². The highest BCUT2D eigenvalue weighted by atomic mass is 19.1. The summed E-state index contributed by atoms with van der Waals surface area (Å²) in [6, 6.07) is 3.56. The highest BCUT2D eigenvalue weighted by Gasteiger charge is 2.24. The van der Waals surface area contributed by atoms with Gasteiger partial charge in [0.1, 0.15) is 11.9 Å². The van der Waals surface area contributed by atoms with Crippen LogP contribution in [0.3, 0.4) is 0 Å². The molecule has 1 unspecified atom stereocenters. The van der Waals surface area contributed by atoms with E-state index in [-0.39, 0.29) is 5.82 Å². The minimum absolute atomic E-state index is 0.322. The number of hydrogen-bond acceptors (Lipinski definition) is 4. The summed E-state index contributed by atoms with van der Waals surface area (Å²) in [5, 5.41) is 11.3. The van der Waals surface area contributed by atoms with Crippen LogP contribution in [0.2, 0.25) is 0 Å². The number of nitrogens with one attached hydrogen (secondary N) is 1. The lowest BCUT2D eigenvalue weighted by molar-refractivity contribution is -0.141. The summed E-state index contributed by atoms with van der Waals surface area (Å²) in [7, 11) is 2.04. The molecule has 6 heteroatoms. The Morgan fingerprint density at radius 3 is 2.55 bits per heavy atom. The fourth-order valence-corrected chi connectivity index (χ4v) is 2.24. The third-order valence-corrected chi connectivity index (χ3v) is 3.58. The second kappa shape index (κ2) is 6.30. The first-order valence-electron chi connectivity index (χ1n) is 6.66. The zero-order valence-electron chi connectivity index (χ0n) is 11.8. The summed E-state index contributed by atoms with van der Waals surface area (Å²) >= 11 is 0. The van der Waals surface area contributed by atoms with Crippen LogP contribution in [0.1, 0.15) is 17.2 Å². The lowest BCUT2D eigenvalue weighted by Gasteiger charge is -2.34. The van der Waals surface area contributed by atoms with Gasteiger partial charge in [-0.15, -0.1) is 0 Å². The van der Waals surface area contributed by atoms with Crippen LogP contribution in [0, 0.1) is 12.7 Å². The fraction of sp³-hybridized carbons (Fsp3) is 0.500. The summed E-state index contributed by atoms with van der Waals surface area (Å²) in [5.41, 5.74) is 4.04. The monoisotopic (exact) mass is 281 g/mol. The molecule has 0 spiro atoms. The van der Waals surface area contributed by atoms with Gasteiger partial charge in [-0.25, -0.2) is 14.8 Å². The van der Waals surface area contributed by atoms with Crippen molar-refractivity contribution in [2.24, 2.45) is 0 Å². The smallest absolute Gasteiger partial charge is 0.326 e. The molecule has 0 saturated carbocycles. The van der Waals surface area contributed by atoms with Crippen molar-refractivity contribution in [1.29, 1.82) is 0 Å². The number of benzene rings is 1. The zero-order valence-corrected chi connectivity index (χ0v) is 11.8. The van der Waals surface area contributed by atoms with E-state index in [0.717, 1.165) is 26.2 Å². The molecule has 2 N–H and O–H groups in total. The number of hydrogen-bond donors (Lipinski definition) is 2. The number of carbonyl (C=O) groups is 1. The van der Waals surface area contributed by atoms with Crippen LogP contribution in [0.5, 0.6) is 0 Å². The number of hydrazine groups is 1. The van der Waals surface area contributed by atoms with Gasteiger partial charge in [-0.05, 0) is 31.2 Å². The normalized spacial score (nSPS) is 18.9. The Hall–Kier alpha value is -1.50. The molecule has 5 nitrogen and oxygen atoms in total. The first-order chi connectivity index (χ1) is 9.47. The van der Waals surface area contributed by atoms with Crippen LogP contribution in [0.25, 0.3) is 0 Å². The van der Waals surface area contributed by atoms with Gasteiger partial charge < -0.3 is 10.0 Å². The van der Waals surface area contributed by atoms with Gasteiger partial charge in [-0.3, -0.25) is 4.79 Å². The van der Waals surface area contributed by atoms with Crippen LogP contribution in [-0.4, -0.2) is 54.2 Å². The molecule has 1 heterocycles. The minimum atomic E-state index is -0.963. The predicted molar refractivity (Wildman–Crippen MR) is 73.7 cm³/mol. The maximum Gasteiger partial charge on any atom is 0.326 e. The second-order valence-corrected chi connectivity index (χ2v) is 5.20. The fourth-order valence-electron chi connectivity index (χ4n) is 2.24. The number of rotatable bonds is 4. The van der Waals surface area contributed by atoms with Crippen molar-refractivity contribution in [2.75, 3.05) is 33.2 Å². The van der Waals surface area contributed by atoms with Gasteiger partial charge >= 0.3 is 5.97 Å². The number of carboxylic acids is 1. The summed E-state index contributed by atoms with van der Waals surface area (Å²) in [4.78, 5) is 13.6. The highest BCUT2D eigenvalue weighted by molar-refractivity contribution is 5.75. The molecule has 1 aromatic carbocycles. The van der Waals surface area contributed by atoms with E-state index in [0.29, 0.717) is 11.1 Å². The molecule has 1 aliphatic rings. The standard InChI is InChI=1S/C14H20FN3O2/c1-10-9-11(3-4-12(10)15)13(14(19)20)16-18-7-5-17(2)6-8-18/h3-4,9,13,16H,5-8H2,1-2H3,(H,19,20). The van der Waals surface area contributed by atoms with E-state index in [1.54, 1.807) is 13.0 Å². The molecular weight excluding hydrogens is 261 g/mol. The molecule has 1 saturated heterocycles. The summed E-state index contributed by atoms with van der Waals surface area (Å²) in [6.45, 7) is 4.94. The quantitative estimate of drug-likeness (QED) is 0.863. The molecule has 1 atom stereocenters. The molecule has 0 amide bonds. The van der Waals surface area contributed by atoms with Crippen LogP contribution in [0.4, 0.5) is 4.39 Å². The van der Waals surface area contributed by atoms with Crippen molar-refractivity contribution in [3.63, 3.8) is 0 Å². The minimum Gasteiger partial charge on any atom is -0.480 e. The molecule has 2 rings (SSSR count). The number of aliphatic carboxylic acids is 1. The van der Waals surface area contributed by atoms with Gasteiger partial charge in [0.25, 0.3) is 0 Å². The third-order valence-electron chi connectivity index (χ3n) is 3.58. The van der Waals surface area contributed by atoms with E-state index in [9.17, 15) is 14.3 Å². The summed E-state index contributed by atoms with van der Waals surface area (Å²) in [5.74, 6) is -1.28. The van der Waals surface area contributed by atoms with Crippen molar-refractivity contribution < 1.29 is 14.3 Å². The van der Waals surface area contributed by atoms with Crippen molar-refractivity contribution in [2.45, 2.75) is 13.0 Å². The first kappa shape index (κ1) is 14.9. The molecule has 1 fully saturated rings. The number of halogens is 1. The number of aryl methyl sites for hydroxylation is 1. The van der Waals surface area contributed by atoms with Crippen molar-refractivity contribution in [3.8, 4) is 0 Å². The van der Waals surface area contributed by atoms with Crippen LogP contribution >= 0.6 is 0 Å². The number of nitrogens with zero attached hydrogens (tertiary/aromatic N) is 2. The summed E-state index contributed by atoms with van der Waals surface area (Å²) < 4.78 is 13.3. The zero-order chi connectivity index (χ0) is 14.7. The molecule has 0 radical (unpaired) electrons. The number of likely N-dealkylation sites (N-methyl/N-ethyl adjacent to an activating group) is 1. The van der Waals surface area contributed by atoms with Crippen molar-refractivity contribution in [3.05, 3.63) is 35.1 Å². The van der Waals surface area contributed by atoms with Gasteiger partial charge in [-0.2, -0.15) is 0 Å². The van der Waals surface area contributed by atoms with Gasteiger partial charge in [0.2, 0.25) is 0 Å². The predicted octanol–water partition coefficient (Wildman–Crippen LogP) is 1.01. The second-order valence-electron chi connectivity index (χ2n) is 5.20. The van der Waals surface area contributed by atoms with Crippen molar-refractivity contribution in [1.82, 2.24) is 15.3 Å². The molecule has 0 aliphatic carbocycles. The SMILES string of the molecule is Cc1cc(C(NN2CCN(C)CC2)C(=O)O)ccc1F. The van der Waals surface area contributed by atoms with E-state index in [1.807, 2.05) is 12.1 Å². The lowest BCUT2D eigenvalue weighted by Crippen LogP contribution is -2.52. The molecule has 20 heavy (non-hydrogen) atoms. The van der Waals surface area contributed by atoms with E-state index in [4.69, 9.17) is 0 Å². The Morgan fingerprint density at radius 2 is 2.00 bits per heavy atom. The van der Waals surface area contributed by atoms with E-state index < -0.39 is 12.0 Å². The molecular formula is C14H20FN3O2. The molecule has 1 aliphatic heterocycles. The van der Waals surface area contributed by atoms with Gasteiger partial charge in [0.15, 0.2) is 0 Å². The first-order valence-corrected chi connectivity index (χ1v) is 6.66. The molecule has 1 aromatic rings. The van der Waals surface area contributed by atoms with E-state index in [1.165, 1.54) is 12.1 Å². The molecule has 0 aromatic heterocycles. The maximum atomic E-state index is 13.3. The maximum absolute atomic E-state index is 13.3.